The molecule has 6 bridgehead atoms. The Hall–Kier alpha value is -2.07. The number of hydrogen-bond donors (Lipinski definition) is 3. The van der Waals surface area contributed by atoms with Gasteiger partial charge in [0.15, 0.2) is 0 Å². The average Bonchev–Trinajstić information content (AvgIpc) is 3.87. The van der Waals surface area contributed by atoms with Gasteiger partial charge in [-0.15, -0.1) is 0 Å². The molecule has 3 saturated heterocycles. The molecule has 3 N–H and O–H groups in total. The largest absolute Gasteiger partial charge is 0.478 e. The van der Waals surface area contributed by atoms with Gasteiger partial charge in [0, 0.05) is 28.3 Å². The van der Waals surface area contributed by atoms with Crippen LogP contribution >= 0.6 is 0 Å². The van der Waals surface area contributed by atoms with Crippen molar-refractivity contribution in [2.45, 2.75) is 117 Å². The van der Waals surface area contributed by atoms with Crippen LogP contribution in [-0.2, 0) is 30.1 Å². The van der Waals surface area contributed by atoms with Crippen LogP contribution < -0.4 is 9.44 Å². The van der Waals surface area contributed by atoms with Crippen LogP contribution in [0.1, 0.15) is 120 Å². The van der Waals surface area contributed by atoms with Crippen molar-refractivity contribution in [2.24, 2.45) is 50.2 Å². The maximum Gasteiger partial charge on any atom is 0.336 e. The first kappa shape index (κ1) is 37.8. The first-order chi connectivity index (χ1) is 24.4. The van der Waals surface area contributed by atoms with Crippen LogP contribution in [0.4, 0.5) is 0 Å². The molecule has 9 atom stereocenters. The molecule has 3 aliphatic heterocycles. The van der Waals surface area contributed by atoms with Gasteiger partial charge in [-0.25, -0.2) is 43.8 Å². The van der Waals surface area contributed by atoms with Gasteiger partial charge in [0.25, 0.3) is 5.91 Å². The van der Waals surface area contributed by atoms with Crippen molar-refractivity contribution >= 4 is 41.9 Å². The summed E-state index contributed by atoms with van der Waals surface area (Å²) in [5.74, 6) is 0.646. The van der Waals surface area contributed by atoms with E-state index in [-0.39, 0.29) is 62.1 Å². The Morgan fingerprint density at radius 1 is 0.642 bits per heavy atom. The second kappa shape index (κ2) is 11.3. The molecule has 53 heavy (non-hydrogen) atoms. The number of carbonyl (C=O) groups is 2. The quantitative estimate of drug-likeness (QED) is 0.386. The summed E-state index contributed by atoms with van der Waals surface area (Å²) >= 11 is 0. The minimum absolute atomic E-state index is 0.0187. The average molecular weight is 794 g/mol. The minimum atomic E-state index is -3.76. The summed E-state index contributed by atoms with van der Waals surface area (Å²) in [6.45, 7) is 13.2. The normalized spacial score (nSPS) is 43.6. The highest BCUT2D eigenvalue weighted by Gasteiger charge is 2.73. The van der Waals surface area contributed by atoms with E-state index in [2.05, 4.69) is 51.0 Å². The summed E-state index contributed by atoms with van der Waals surface area (Å²) in [5, 5.41) is 9.34. The van der Waals surface area contributed by atoms with Gasteiger partial charge in [-0.3, -0.25) is 4.79 Å². The number of amides is 1. The third-order valence-corrected chi connectivity index (χ3v) is 22.4. The SMILES string of the molecule is CC1(C)C2CCC13CS(=O)(=O)N(C(=O)c1ccccc1C(=O)O)C3C2.CC1(C)C2CCC13CS(=O)(=O)NC3C2.CC1(C)C2CCC13CS(=O)(=O)NC3C2. The molecule has 9 fully saturated rings. The third kappa shape index (κ3) is 4.97. The Kier molecular flexibility index (Phi) is 8.05. The van der Waals surface area contributed by atoms with Gasteiger partial charge in [0.05, 0.1) is 34.4 Å². The number of rotatable bonds is 2. The fraction of sp³-hybridized carbons (Fsp3) is 0.789. The number of carboxylic acids is 1. The molecular weight excluding hydrogens is 739 g/mol. The lowest BCUT2D eigenvalue weighted by molar-refractivity contribution is 0.0658. The van der Waals surface area contributed by atoms with Crippen LogP contribution in [0.5, 0.6) is 0 Å². The summed E-state index contributed by atoms with van der Waals surface area (Å²) in [6, 6.07) is 5.93. The van der Waals surface area contributed by atoms with Crippen molar-refractivity contribution in [1.29, 1.82) is 0 Å². The van der Waals surface area contributed by atoms with Crippen molar-refractivity contribution < 1.29 is 39.9 Å². The third-order valence-electron chi connectivity index (χ3n) is 17.4. The van der Waals surface area contributed by atoms with E-state index in [9.17, 15) is 39.9 Å². The zero-order valence-electron chi connectivity index (χ0n) is 31.6. The van der Waals surface area contributed by atoms with Crippen molar-refractivity contribution in [3.8, 4) is 0 Å². The highest BCUT2D eigenvalue weighted by Crippen LogP contribution is 2.71. The predicted molar refractivity (Wildman–Crippen MR) is 199 cm³/mol. The van der Waals surface area contributed by atoms with Crippen LogP contribution in [0, 0.1) is 50.2 Å². The monoisotopic (exact) mass is 793 g/mol. The van der Waals surface area contributed by atoms with Gasteiger partial charge in [0.1, 0.15) is 0 Å². The molecule has 294 valence electrons. The molecule has 9 unspecified atom stereocenters. The van der Waals surface area contributed by atoms with Crippen LogP contribution in [0.15, 0.2) is 24.3 Å². The zero-order chi connectivity index (χ0) is 38.6. The molecule has 6 saturated carbocycles. The van der Waals surface area contributed by atoms with E-state index in [1.807, 2.05) is 0 Å². The van der Waals surface area contributed by atoms with Gasteiger partial charge in [-0.05, 0) is 104 Å². The summed E-state index contributed by atoms with van der Waals surface area (Å²) in [7, 11) is -9.70. The molecule has 15 heteroatoms. The van der Waals surface area contributed by atoms with E-state index in [1.54, 1.807) is 6.07 Å². The van der Waals surface area contributed by atoms with Gasteiger partial charge in [0.2, 0.25) is 30.1 Å². The highest BCUT2D eigenvalue weighted by atomic mass is 32.2. The molecule has 10 rings (SSSR count). The number of benzene rings is 1. The molecule has 9 aliphatic rings. The molecule has 3 heterocycles. The van der Waals surface area contributed by atoms with Crippen molar-refractivity contribution in [3.05, 3.63) is 35.4 Å². The molecule has 1 aromatic carbocycles. The number of sulfonamides is 3. The second-order valence-electron chi connectivity index (χ2n) is 19.6. The van der Waals surface area contributed by atoms with Crippen LogP contribution in [0.3, 0.4) is 0 Å². The Morgan fingerprint density at radius 2 is 1.06 bits per heavy atom. The lowest BCUT2D eigenvalue weighted by atomic mass is 9.69. The summed E-state index contributed by atoms with van der Waals surface area (Å²) in [5.41, 5.74) is -0.228. The number of nitrogens with one attached hydrogen (secondary N) is 2. The molecule has 0 radical (unpaired) electrons. The maximum absolute atomic E-state index is 13.1. The number of nitrogens with zero attached hydrogens (tertiary/aromatic N) is 1. The first-order valence-electron chi connectivity index (χ1n) is 19.3. The van der Waals surface area contributed by atoms with Crippen molar-refractivity contribution in [3.63, 3.8) is 0 Å². The van der Waals surface area contributed by atoms with E-state index >= 15 is 0 Å². The fourth-order valence-corrected chi connectivity index (χ4v) is 20.9. The van der Waals surface area contributed by atoms with E-state index < -0.39 is 47.4 Å². The van der Waals surface area contributed by atoms with Crippen LogP contribution in [-0.4, -0.2) is 81.9 Å². The molecule has 3 spiro atoms. The molecule has 0 aromatic heterocycles. The van der Waals surface area contributed by atoms with Crippen molar-refractivity contribution in [2.75, 3.05) is 17.3 Å². The Balaban J connectivity index is 0.000000121. The van der Waals surface area contributed by atoms with E-state index in [4.69, 9.17) is 0 Å². The van der Waals surface area contributed by atoms with Crippen LogP contribution in [0.2, 0.25) is 0 Å². The minimum Gasteiger partial charge on any atom is -0.478 e. The smallest absolute Gasteiger partial charge is 0.336 e. The Bertz CT molecular complexity index is 2040. The van der Waals surface area contributed by atoms with Gasteiger partial charge in [-0.2, -0.15) is 0 Å². The number of carboxylic acid groups (broad SMARTS) is 1. The predicted octanol–water partition coefficient (Wildman–Crippen LogP) is 4.59. The fourth-order valence-electron chi connectivity index (χ4n) is 13.9. The Morgan fingerprint density at radius 3 is 1.47 bits per heavy atom. The van der Waals surface area contributed by atoms with E-state index in [0.717, 1.165) is 54.7 Å². The van der Waals surface area contributed by atoms with Gasteiger partial charge >= 0.3 is 5.97 Å². The molecule has 1 amide bonds. The molecule has 12 nitrogen and oxygen atoms in total. The molecular formula is C38H55N3O9S3. The lowest BCUT2D eigenvalue weighted by Gasteiger charge is -2.37. The first-order valence-corrected chi connectivity index (χ1v) is 24.2. The summed E-state index contributed by atoms with van der Waals surface area (Å²) < 4.78 is 78.9. The topological polar surface area (TPSA) is 184 Å². The maximum atomic E-state index is 13.1. The van der Waals surface area contributed by atoms with Gasteiger partial charge < -0.3 is 5.11 Å². The van der Waals surface area contributed by atoms with Crippen molar-refractivity contribution in [1.82, 2.24) is 13.7 Å². The van der Waals surface area contributed by atoms with E-state index in [0.29, 0.717) is 23.8 Å². The second-order valence-corrected chi connectivity index (χ2v) is 25.0. The number of carbonyl (C=O) groups excluding carboxylic acids is 1. The molecule has 6 aliphatic carbocycles. The van der Waals surface area contributed by atoms with E-state index in [1.165, 1.54) is 31.0 Å². The summed E-state index contributed by atoms with van der Waals surface area (Å²) in [6.07, 6.45) is 9.24. The van der Waals surface area contributed by atoms with Crippen LogP contribution in [0.25, 0.3) is 0 Å². The zero-order valence-corrected chi connectivity index (χ0v) is 34.1. The molecule has 1 aromatic rings. The lowest BCUT2D eigenvalue weighted by Crippen LogP contribution is -2.44. The highest BCUT2D eigenvalue weighted by molar-refractivity contribution is 7.90. The summed E-state index contributed by atoms with van der Waals surface area (Å²) in [4.78, 5) is 24.5. The Labute approximate surface area is 314 Å². The number of aromatic carboxylic acids is 1. The number of fused-ring (bicyclic) bond motifs is 3. The van der Waals surface area contributed by atoms with Gasteiger partial charge in [-0.1, -0.05) is 53.7 Å². The number of hydrogen-bond acceptors (Lipinski definition) is 8. The standard InChI is InChI=1S/C18H21NO5S.2C10H17NO2S/c1-17(2)11-7-8-18(17)10-25(23,24)19(14(18)9-11)15(20)12-5-3-4-6-13(12)16(21)22;2*1-9(2)7-3-4-10(9)6-14(12,13)11-8(10)5-7/h3-6,11,14H,7-10H2,1-2H3,(H,21,22);2*7-8,11H,3-6H2,1-2H3.